The van der Waals surface area contributed by atoms with Gasteiger partial charge in [-0.1, -0.05) is 12.1 Å². The molecule has 1 atom stereocenters. The number of ether oxygens (including phenoxy) is 1. The molecule has 0 amide bonds. The smallest absolute Gasteiger partial charge is 0.191 e. The molecule has 0 aliphatic carbocycles. The Bertz CT molecular complexity index is 835. The van der Waals surface area contributed by atoms with Crippen LogP contribution in [0, 0.1) is 0 Å². The lowest BCUT2D eigenvalue weighted by Crippen LogP contribution is -2.47. The van der Waals surface area contributed by atoms with Crippen molar-refractivity contribution in [2.24, 2.45) is 4.99 Å². The van der Waals surface area contributed by atoms with Gasteiger partial charge in [0.2, 0.25) is 0 Å². The molecule has 0 spiro atoms. The third kappa shape index (κ3) is 6.71. The van der Waals surface area contributed by atoms with E-state index in [0.29, 0.717) is 38.6 Å². The Morgan fingerprint density at radius 1 is 1.26 bits per heavy atom. The molecule has 3 rings (SSSR count). The largest absolute Gasteiger partial charge is 0.381 e. The van der Waals surface area contributed by atoms with Gasteiger partial charge in [0.25, 0.3) is 0 Å². The minimum atomic E-state index is -3.24. The van der Waals surface area contributed by atoms with E-state index in [9.17, 15) is 8.42 Å². The lowest BCUT2D eigenvalue weighted by atomic mass is 9.99. The molecule has 2 fully saturated rings. The van der Waals surface area contributed by atoms with Crippen LogP contribution in [0.1, 0.15) is 51.1 Å². The van der Waals surface area contributed by atoms with Crippen molar-refractivity contribution >= 4 is 45.5 Å². The molecule has 1 unspecified atom stereocenters. The van der Waals surface area contributed by atoms with Crippen LogP contribution in [0.3, 0.4) is 0 Å². The third-order valence-corrected chi connectivity index (χ3v) is 8.37. The number of sulfone groups is 1. The average Bonchev–Trinajstić information content (AvgIpc) is 3.27. The number of nitrogens with zero attached hydrogens (tertiary/aromatic N) is 2. The molecule has 9 heteroatoms. The first-order valence-electron chi connectivity index (χ1n) is 11.0. The SMILES string of the molecule is CCNC(=NCC1(S(C)(=O)=O)CCOCC1)NC(C)c1cccc(N2CCCC2)c1.I. The molecule has 1 aromatic carbocycles. The van der Waals surface area contributed by atoms with E-state index in [1.807, 2.05) is 6.92 Å². The minimum Gasteiger partial charge on any atom is -0.381 e. The number of aliphatic imine (C=N–C) groups is 1. The molecule has 7 nitrogen and oxygen atoms in total. The highest BCUT2D eigenvalue weighted by Gasteiger charge is 2.42. The van der Waals surface area contributed by atoms with Crippen LogP contribution in [0.15, 0.2) is 29.3 Å². The van der Waals surface area contributed by atoms with E-state index in [1.165, 1.54) is 30.3 Å². The van der Waals surface area contributed by atoms with E-state index in [0.717, 1.165) is 13.1 Å². The second-order valence-electron chi connectivity index (χ2n) is 8.42. The van der Waals surface area contributed by atoms with Gasteiger partial charge in [-0.15, -0.1) is 24.0 Å². The number of guanidine groups is 1. The van der Waals surface area contributed by atoms with Crippen LogP contribution in [0.5, 0.6) is 0 Å². The van der Waals surface area contributed by atoms with Crippen LogP contribution in [0.25, 0.3) is 0 Å². The van der Waals surface area contributed by atoms with E-state index in [1.54, 1.807) is 0 Å². The molecule has 2 aliphatic rings. The van der Waals surface area contributed by atoms with Gasteiger partial charge >= 0.3 is 0 Å². The van der Waals surface area contributed by atoms with Crippen molar-refractivity contribution in [1.82, 2.24) is 10.6 Å². The summed E-state index contributed by atoms with van der Waals surface area (Å²) < 4.78 is 29.6. The van der Waals surface area contributed by atoms with Crippen molar-refractivity contribution in [2.75, 3.05) is 50.5 Å². The fourth-order valence-electron chi connectivity index (χ4n) is 4.19. The molecule has 2 N–H and O–H groups in total. The van der Waals surface area contributed by atoms with Gasteiger partial charge in [-0.2, -0.15) is 0 Å². The van der Waals surface area contributed by atoms with Gasteiger partial charge in [0.15, 0.2) is 15.8 Å². The third-order valence-electron chi connectivity index (χ3n) is 6.25. The molecule has 176 valence electrons. The second-order valence-corrected chi connectivity index (χ2v) is 10.8. The highest BCUT2D eigenvalue weighted by molar-refractivity contribution is 14.0. The predicted molar refractivity (Wildman–Crippen MR) is 138 cm³/mol. The van der Waals surface area contributed by atoms with Gasteiger partial charge in [-0.3, -0.25) is 4.99 Å². The van der Waals surface area contributed by atoms with Crippen LogP contribution in [0.4, 0.5) is 5.69 Å². The summed E-state index contributed by atoms with van der Waals surface area (Å²) in [5.74, 6) is 0.645. The van der Waals surface area contributed by atoms with Crippen molar-refractivity contribution in [3.05, 3.63) is 29.8 Å². The van der Waals surface area contributed by atoms with Crippen LogP contribution in [0.2, 0.25) is 0 Å². The molecule has 2 heterocycles. The monoisotopic (exact) mass is 564 g/mol. The number of hydrogen-bond acceptors (Lipinski definition) is 5. The average molecular weight is 565 g/mol. The van der Waals surface area contributed by atoms with E-state index < -0.39 is 14.6 Å². The standard InChI is InChI=1S/C22H36N4O3S.HI/c1-4-23-21(24-17-22(30(3,27)28)10-14-29-15-11-22)25-18(2)19-8-7-9-20(16-19)26-12-5-6-13-26;/h7-9,16,18H,4-6,10-15,17H2,1-3H3,(H2,23,24,25);1H. The molecular weight excluding hydrogens is 527 g/mol. The number of halogens is 1. The first-order chi connectivity index (χ1) is 14.3. The maximum absolute atomic E-state index is 12.5. The van der Waals surface area contributed by atoms with Crippen molar-refractivity contribution < 1.29 is 13.2 Å². The van der Waals surface area contributed by atoms with Crippen molar-refractivity contribution in [3.8, 4) is 0 Å². The fraction of sp³-hybridized carbons (Fsp3) is 0.682. The number of benzene rings is 1. The summed E-state index contributed by atoms with van der Waals surface area (Å²) in [5, 5.41) is 6.72. The maximum Gasteiger partial charge on any atom is 0.191 e. The van der Waals surface area contributed by atoms with Crippen LogP contribution < -0.4 is 15.5 Å². The summed E-state index contributed by atoms with van der Waals surface area (Å²) in [4.78, 5) is 7.12. The molecular formula is C22H37IN4O3S. The molecule has 31 heavy (non-hydrogen) atoms. The zero-order valence-corrected chi connectivity index (χ0v) is 22.0. The molecule has 0 bridgehead atoms. The Morgan fingerprint density at radius 2 is 1.94 bits per heavy atom. The molecule has 2 saturated heterocycles. The van der Waals surface area contributed by atoms with E-state index in [4.69, 9.17) is 9.73 Å². The van der Waals surface area contributed by atoms with Crippen molar-refractivity contribution in [1.29, 1.82) is 0 Å². The van der Waals surface area contributed by atoms with Crippen molar-refractivity contribution in [2.45, 2.75) is 50.3 Å². The molecule has 0 radical (unpaired) electrons. The van der Waals surface area contributed by atoms with Crippen LogP contribution in [-0.2, 0) is 14.6 Å². The summed E-state index contributed by atoms with van der Waals surface area (Å²) in [6.45, 7) is 8.23. The Kier molecular flexibility index (Phi) is 9.88. The summed E-state index contributed by atoms with van der Waals surface area (Å²) in [6.07, 6.45) is 4.80. The zero-order chi connectivity index (χ0) is 21.6. The Labute approximate surface area is 204 Å². The summed E-state index contributed by atoms with van der Waals surface area (Å²) in [7, 11) is -3.24. The molecule has 1 aromatic rings. The Balaban J connectivity index is 0.00000341. The molecule has 0 aromatic heterocycles. The van der Waals surface area contributed by atoms with Gasteiger partial charge in [-0.25, -0.2) is 8.42 Å². The molecule has 0 saturated carbocycles. The highest BCUT2D eigenvalue weighted by atomic mass is 127. The number of nitrogens with one attached hydrogen (secondary N) is 2. The van der Waals surface area contributed by atoms with Gasteiger partial charge in [0.1, 0.15) is 0 Å². The number of rotatable bonds is 7. The van der Waals surface area contributed by atoms with E-state index in [-0.39, 0.29) is 36.6 Å². The first kappa shape index (κ1) is 26.2. The van der Waals surface area contributed by atoms with Crippen LogP contribution >= 0.6 is 24.0 Å². The number of hydrogen-bond donors (Lipinski definition) is 2. The lowest BCUT2D eigenvalue weighted by molar-refractivity contribution is 0.0768. The quantitative estimate of drug-likeness (QED) is 0.301. The first-order valence-corrected chi connectivity index (χ1v) is 12.9. The van der Waals surface area contributed by atoms with Crippen LogP contribution in [-0.4, -0.2) is 64.8 Å². The van der Waals surface area contributed by atoms with Gasteiger partial charge in [-0.05, 0) is 57.2 Å². The number of anilines is 1. The fourth-order valence-corrected chi connectivity index (χ4v) is 5.39. The summed E-state index contributed by atoms with van der Waals surface area (Å²) in [5.41, 5.74) is 2.45. The van der Waals surface area contributed by atoms with Gasteiger partial charge in [0, 0.05) is 44.8 Å². The lowest BCUT2D eigenvalue weighted by Gasteiger charge is -2.34. The Morgan fingerprint density at radius 3 is 2.55 bits per heavy atom. The zero-order valence-electron chi connectivity index (χ0n) is 18.9. The topological polar surface area (TPSA) is 83.0 Å². The van der Waals surface area contributed by atoms with E-state index >= 15 is 0 Å². The molecule has 2 aliphatic heterocycles. The Hall–Kier alpha value is -1.07. The normalized spacial score (nSPS) is 20.1. The van der Waals surface area contributed by atoms with E-state index in [2.05, 4.69) is 46.7 Å². The summed E-state index contributed by atoms with van der Waals surface area (Å²) in [6, 6.07) is 8.68. The predicted octanol–water partition coefficient (Wildman–Crippen LogP) is 3.11. The highest BCUT2D eigenvalue weighted by Crippen LogP contribution is 2.30. The summed E-state index contributed by atoms with van der Waals surface area (Å²) >= 11 is 0. The maximum atomic E-state index is 12.5. The second kappa shape index (κ2) is 11.7. The van der Waals surface area contributed by atoms with Crippen molar-refractivity contribution in [3.63, 3.8) is 0 Å². The van der Waals surface area contributed by atoms with Gasteiger partial charge < -0.3 is 20.3 Å². The van der Waals surface area contributed by atoms with Gasteiger partial charge in [0.05, 0.1) is 17.3 Å². The minimum absolute atomic E-state index is 0.